The maximum absolute atomic E-state index is 3.57. The van der Waals surface area contributed by atoms with E-state index in [4.69, 9.17) is 0 Å². The van der Waals surface area contributed by atoms with Crippen molar-refractivity contribution in [3.8, 4) is 0 Å². The van der Waals surface area contributed by atoms with Crippen LogP contribution >= 0.6 is 22.6 Å². The molecule has 1 saturated carbocycles. The molecule has 2 heteroatoms. The Kier molecular flexibility index (Phi) is 3.44. The molecule has 1 aliphatic carbocycles. The van der Waals surface area contributed by atoms with E-state index < -0.39 is 0 Å². The fraction of sp³-hybridized carbons (Fsp3) is 0.500. The first kappa shape index (κ1) is 10.4. The zero-order valence-corrected chi connectivity index (χ0v) is 10.6. The molecule has 0 aliphatic heterocycles. The van der Waals surface area contributed by atoms with Crippen molar-refractivity contribution >= 4 is 22.6 Å². The standard InChI is InChI=1S/C12H16IN/c1-9(8-14-12-6-7-12)10-2-4-11(13)5-3-10/h2-5,9,12,14H,6-8H2,1H3. The largest absolute Gasteiger partial charge is 0.313 e. The van der Waals surface area contributed by atoms with Gasteiger partial charge in [0.2, 0.25) is 0 Å². The summed E-state index contributed by atoms with van der Waals surface area (Å²) in [6, 6.07) is 9.66. The highest BCUT2D eigenvalue weighted by Crippen LogP contribution is 2.21. The Balaban J connectivity index is 1.88. The van der Waals surface area contributed by atoms with E-state index in [1.807, 2.05) is 0 Å². The van der Waals surface area contributed by atoms with E-state index in [0.717, 1.165) is 12.6 Å². The monoisotopic (exact) mass is 301 g/mol. The summed E-state index contributed by atoms with van der Waals surface area (Å²) >= 11 is 2.35. The van der Waals surface area contributed by atoms with Gasteiger partial charge in [-0.2, -0.15) is 0 Å². The molecule has 76 valence electrons. The van der Waals surface area contributed by atoms with E-state index in [9.17, 15) is 0 Å². The number of halogens is 1. The molecular weight excluding hydrogens is 285 g/mol. The Morgan fingerprint density at radius 1 is 1.36 bits per heavy atom. The van der Waals surface area contributed by atoms with Crippen molar-refractivity contribution in [1.29, 1.82) is 0 Å². The zero-order valence-electron chi connectivity index (χ0n) is 8.46. The van der Waals surface area contributed by atoms with Gasteiger partial charge in [-0.1, -0.05) is 19.1 Å². The Hall–Kier alpha value is -0.0900. The van der Waals surface area contributed by atoms with E-state index >= 15 is 0 Å². The van der Waals surface area contributed by atoms with Crippen LogP contribution in [0.4, 0.5) is 0 Å². The predicted octanol–water partition coefficient (Wildman–Crippen LogP) is 3.15. The fourth-order valence-corrected chi connectivity index (χ4v) is 1.90. The highest BCUT2D eigenvalue weighted by molar-refractivity contribution is 14.1. The Morgan fingerprint density at radius 3 is 2.57 bits per heavy atom. The van der Waals surface area contributed by atoms with Crippen LogP contribution in [0.5, 0.6) is 0 Å². The van der Waals surface area contributed by atoms with Crippen molar-refractivity contribution in [2.75, 3.05) is 6.54 Å². The van der Waals surface area contributed by atoms with Gasteiger partial charge in [-0.15, -0.1) is 0 Å². The van der Waals surface area contributed by atoms with Gasteiger partial charge in [0.25, 0.3) is 0 Å². The van der Waals surface area contributed by atoms with Gasteiger partial charge < -0.3 is 5.32 Å². The molecule has 14 heavy (non-hydrogen) atoms. The Morgan fingerprint density at radius 2 is 2.00 bits per heavy atom. The maximum Gasteiger partial charge on any atom is 0.0130 e. The number of benzene rings is 1. The first-order chi connectivity index (χ1) is 6.75. The third-order valence-electron chi connectivity index (χ3n) is 2.73. The lowest BCUT2D eigenvalue weighted by molar-refractivity contribution is 0.612. The highest BCUT2D eigenvalue weighted by Gasteiger charge is 2.20. The number of hydrogen-bond donors (Lipinski definition) is 1. The summed E-state index contributed by atoms with van der Waals surface area (Å²) in [4.78, 5) is 0. The molecule has 0 radical (unpaired) electrons. The molecule has 1 aromatic rings. The molecule has 0 saturated heterocycles. The van der Waals surface area contributed by atoms with Gasteiger partial charge >= 0.3 is 0 Å². The molecule has 1 atom stereocenters. The SMILES string of the molecule is CC(CNC1CC1)c1ccc(I)cc1. The van der Waals surface area contributed by atoms with Gasteiger partial charge in [0.1, 0.15) is 0 Å². The van der Waals surface area contributed by atoms with Crippen LogP contribution in [0.1, 0.15) is 31.2 Å². The minimum Gasteiger partial charge on any atom is -0.313 e. The smallest absolute Gasteiger partial charge is 0.0130 e. The average Bonchev–Trinajstić information content (AvgIpc) is 2.99. The lowest BCUT2D eigenvalue weighted by Gasteiger charge is -2.12. The quantitative estimate of drug-likeness (QED) is 0.843. The van der Waals surface area contributed by atoms with Crippen LogP contribution in [0.3, 0.4) is 0 Å². The van der Waals surface area contributed by atoms with Crippen molar-refractivity contribution in [3.05, 3.63) is 33.4 Å². The summed E-state index contributed by atoms with van der Waals surface area (Å²) in [5, 5.41) is 3.57. The van der Waals surface area contributed by atoms with Crippen LogP contribution in [0, 0.1) is 3.57 Å². The summed E-state index contributed by atoms with van der Waals surface area (Å²) in [5.74, 6) is 0.632. The second-order valence-electron chi connectivity index (χ2n) is 4.14. The van der Waals surface area contributed by atoms with Gasteiger partial charge in [-0.25, -0.2) is 0 Å². The van der Waals surface area contributed by atoms with Crippen molar-refractivity contribution in [2.24, 2.45) is 0 Å². The second kappa shape index (κ2) is 4.62. The van der Waals surface area contributed by atoms with Crippen molar-refractivity contribution in [1.82, 2.24) is 5.32 Å². The lowest BCUT2D eigenvalue weighted by atomic mass is 10.0. The molecule has 1 unspecified atom stereocenters. The van der Waals surface area contributed by atoms with Crippen molar-refractivity contribution in [3.63, 3.8) is 0 Å². The summed E-state index contributed by atoms with van der Waals surface area (Å²) in [7, 11) is 0. The predicted molar refractivity (Wildman–Crippen MR) is 68.6 cm³/mol. The van der Waals surface area contributed by atoms with Gasteiger partial charge in [0, 0.05) is 16.2 Å². The zero-order chi connectivity index (χ0) is 9.97. The number of rotatable bonds is 4. The minimum atomic E-state index is 0.632. The molecule has 1 aromatic carbocycles. The Labute approximate surface area is 99.4 Å². The van der Waals surface area contributed by atoms with E-state index in [2.05, 4.69) is 59.1 Å². The second-order valence-corrected chi connectivity index (χ2v) is 5.38. The van der Waals surface area contributed by atoms with Crippen LogP contribution in [0.15, 0.2) is 24.3 Å². The lowest BCUT2D eigenvalue weighted by Crippen LogP contribution is -2.21. The third-order valence-corrected chi connectivity index (χ3v) is 3.45. The molecule has 2 rings (SSSR count). The number of hydrogen-bond acceptors (Lipinski definition) is 1. The summed E-state index contributed by atoms with van der Waals surface area (Å²) in [6.07, 6.45) is 2.75. The summed E-state index contributed by atoms with van der Waals surface area (Å²) < 4.78 is 1.31. The normalized spacial score (nSPS) is 18.1. The molecule has 0 heterocycles. The number of nitrogens with one attached hydrogen (secondary N) is 1. The Bertz CT molecular complexity index is 290. The minimum absolute atomic E-state index is 0.632. The third kappa shape index (κ3) is 2.95. The maximum atomic E-state index is 3.57. The van der Waals surface area contributed by atoms with Crippen LogP contribution in [-0.4, -0.2) is 12.6 Å². The van der Waals surface area contributed by atoms with Crippen molar-refractivity contribution < 1.29 is 0 Å². The molecule has 0 aromatic heterocycles. The molecule has 0 bridgehead atoms. The van der Waals surface area contributed by atoms with Crippen molar-refractivity contribution in [2.45, 2.75) is 31.7 Å². The molecular formula is C12H16IN. The summed E-state index contributed by atoms with van der Waals surface area (Å²) in [6.45, 7) is 3.41. The van der Waals surface area contributed by atoms with Gasteiger partial charge in [-0.05, 0) is 59.0 Å². The molecule has 1 aliphatic rings. The van der Waals surface area contributed by atoms with Crippen LogP contribution in [0.2, 0.25) is 0 Å². The van der Waals surface area contributed by atoms with Gasteiger partial charge in [0.15, 0.2) is 0 Å². The van der Waals surface area contributed by atoms with Crippen LogP contribution in [0.25, 0.3) is 0 Å². The first-order valence-corrected chi connectivity index (χ1v) is 6.32. The van der Waals surface area contributed by atoms with Gasteiger partial charge in [-0.3, -0.25) is 0 Å². The van der Waals surface area contributed by atoms with Crippen LogP contribution < -0.4 is 5.32 Å². The summed E-state index contributed by atoms with van der Waals surface area (Å²) in [5.41, 5.74) is 1.44. The van der Waals surface area contributed by atoms with E-state index in [-0.39, 0.29) is 0 Å². The van der Waals surface area contributed by atoms with E-state index in [0.29, 0.717) is 5.92 Å². The molecule has 0 amide bonds. The molecule has 1 nitrogen and oxygen atoms in total. The van der Waals surface area contributed by atoms with Crippen LogP contribution in [-0.2, 0) is 0 Å². The van der Waals surface area contributed by atoms with Gasteiger partial charge in [0.05, 0.1) is 0 Å². The highest BCUT2D eigenvalue weighted by atomic mass is 127. The molecule has 1 N–H and O–H groups in total. The molecule has 0 spiro atoms. The van der Waals surface area contributed by atoms with E-state index in [1.54, 1.807) is 0 Å². The fourth-order valence-electron chi connectivity index (χ4n) is 1.54. The first-order valence-electron chi connectivity index (χ1n) is 5.24. The average molecular weight is 301 g/mol. The van der Waals surface area contributed by atoms with E-state index in [1.165, 1.54) is 22.0 Å². The molecule has 1 fully saturated rings. The topological polar surface area (TPSA) is 12.0 Å².